The number of aromatic nitrogens is 1. The van der Waals surface area contributed by atoms with Crippen LogP contribution < -0.4 is 16.0 Å². The van der Waals surface area contributed by atoms with Crippen molar-refractivity contribution < 1.29 is 14.0 Å². The SMILES string of the molecule is C[C@@H](Nc1ccc2oc(C3CC3)nc2c1)C(=O)NC(=O)NC1CC1. The van der Waals surface area contributed by atoms with E-state index >= 15 is 0 Å². The first-order valence-electron chi connectivity index (χ1n) is 8.37. The van der Waals surface area contributed by atoms with E-state index in [-0.39, 0.29) is 11.9 Å². The molecule has 2 fully saturated rings. The van der Waals surface area contributed by atoms with Crippen LogP contribution in [0, 0.1) is 0 Å². The molecule has 1 atom stereocenters. The fourth-order valence-electron chi connectivity index (χ4n) is 2.52. The molecule has 2 aromatic rings. The summed E-state index contributed by atoms with van der Waals surface area (Å²) >= 11 is 0. The molecule has 0 radical (unpaired) electrons. The van der Waals surface area contributed by atoms with Gasteiger partial charge in [0.15, 0.2) is 11.5 Å². The van der Waals surface area contributed by atoms with Crippen LogP contribution >= 0.6 is 0 Å². The lowest BCUT2D eigenvalue weighted by Crippen LogP contribution is -2.46. The van der Waals surface area contributed by atoms with Crippen molar-refractivity contribution in [3.8, 4) is 0 Å². The van der Waals surface area contributed by atoms with Gasteiger partial charge in [0, 0.05) is 17.6 Å². The Bertz CT molecular complexity index is 792. The third kappa shape index (κ3) is 3.34. The van der Waals surface area contributed by atoms with Crippen molar-refractivity contribution in [3.63, 3.8) is 0 Å². The average Bonchev–Trinajstić information content (AvgIpc) is 3.46. The fraction of sp³-hybridized carbons (Fsp3) is 0.471. The molecule has 3 N–H and O–H groups in total. The summed E-state index contributed by atoms with van der Waals surface area (Å²) in [6.45, 7) is 1.71. The maximum absolute atomic E-state index is 12.1. The normalized spacial score (nSPS) is 18.2. The monoisotopic (exact) mass is 328 g/mol. The Balaban J connectivity index is 1.38. The highest BCUT2D eigenvalue weighted by Crippen LogP contribution is 2.40. The van der Waals surface area contributed by atoms with Crippen molar-refractivity contribution in [1.82, 2.24) is 15.6 Å². The third-order valence-electron chi connectivity index (χ3n) is 4.26. The molecule has 1 aromatic heterocycles. The smallest absolute Gasteiger partial charge is 0.321 e. The number of anilines is 1. The maximum atomic E-state index is 12.1. The summed E-state index contributed by atoms with van der Waals surface area (Å²) in [6, 6.07) is 4.80. The van der Waals surface area contributed by atoms with E-state index in [0.717, 1.165) is 48.4 Å². The van der Waals surface area contributed by atoms with Gasteiger partial charge in [-0.2, -0.15) is 0 Å². The second-order valence-corrected chi connectivity index (χ2v) is 6.61. The number of nitrogens with one attached hydrogen (secondary N) is 3. The number of urea groups is 1. The van der Waals surface area contributed by atoms with Crippen molar-refractivity contribution in [1.29, 1.82) is 0 Å². The Morgan fingerprint density at radius 2 is 2.04 bits per heavy atom. The summed E-state index contributed by atoms with van der Waals surface area (Å²) in [6.07, 6.45) is 4.24. The van der Waals surface area contributed by atoms with Gasteiger partial charge in [0.1, 0.15) is 11.6 Å². The number of carbonyl (C=O) groups excluding carboxylic acids is 2. The molecule has 24 heavy (non-hydrogen) atoms. The third-order valence-corrected chi connectivity index (χ3v) is 4.26. The molecule has 7 nitrogen and oxygen atoms in total. The van der Waals surface area contributed by atoms with Crippen molar-refractivity contribution >= 4 is 28.7 Å². The molecule has 0 bridgehead atoms. The average molecular weight is 328 g/mol. The van der Waals surface area contributed by atoms with E-state index in [1.54, 1.807) is 6.92 Å². The second-order valence-electron chi connectivity index (χ2n) is 6.61. The van der Waals surface area contributed by atoms with E-state index < -0.39 is 12.1 Å². The van der Waals surface area contributed by atoms with Crippen LogP contribution in [0.15, 0.2) is 22.6 Å². The summed E-state index contributed by atoms with van der Waals surface area (Å²) in [5, 5.41) is 8.16. The molecule has 2 aliphatic carbocycles. The number of hydrogen-bond acceptors (Lipinski definition) is 5. The number of nitrogens with zero attached hydrogens (tertiary/aromatic N) is 1. The van der Waals surface area contributed by atoms with Crippen molar-refractivity contribution in [3.05, 3.63) is 24.1 Å². The van der Waals surface area contributed by atoms with Crippen LogP contribution in [0.2, 0.25) is 0 Å². The zero-order chi connectivity index (χ0) is 16.7. The number of fused-ring (bicyclic) bond motifs is 1. The number of amides is 3. The molecular weight excluding hydrogens is 308 g/mol. The minimum absolute atomic E-state index is 0.219. The van der Waals surface area contributed by atoms with Gasteiger partial charge in [0.05, 0.1) is 0 Å². The van der Waals surface area contributed by atoms with Gasteiger partial charge in [0.25, 0.3) is 0 Å². The van der Waals surface area contributed by atoms with Gasteiger partial charge >= 0.3 is 6.03 Å². The Morgan fingerprint density at radius 3 is 2.75 bits per heavy atom. The van der Waals surface area contributed by atoms with Gasteiger partial charge in [-0.3, -0.25) is 10.1 Å². The standard InChI is InChI=1S/C17H20N4O3/c1-9(15(22)21-17(23)19-11-4-5-11)18-12-6-7-14-13(8-12)20-16(24-14)10-2-3-10/h6-11,18H,2-5H2,1H3,(H2,19,21,22,23)/t9-/m1/s1. The molecular formula is C17H20N4O3. The highest BCUT2D eigenvalue weighted by atomic mass is 16.3. The molecule has 7 heteroatoms. The molecule has 2 aliphatic rings. The summed E-state index contributed by atoms with van der Waals surface area (Å²) in [5.41, 5.74) is 2.30. The lowest BCUT2D eigenvalue weighted by molar-refractivity contribution is -0.120. The van der Waals surface area contributed by atoms with E-state index in [1.807, 2.05) is 18.2 Å². The quantitative estimate of drug-likeness (QED) is 0.783. The Hall–Kier alpha value is -2.57. The number of imide groups is 1. The first-order chi connectivity index (χ1) is 11.6. The summed E-state index contributed by atoms with van der Waals surface area (Å²) in [5.74, 6) is 0.889. The molecule has 0 saturated heterocycles. The van der Waals surface area contributed by atoms with Gasteiger partial charge < -0.3 is 15.1 Å². The predicted molar refractivity (Wildman–Crippen MR) is 88.8 cm³/mol. The minimum atomic E-state index is -0.540. The number of benzene rings is 1. The number of oxazole rings is 1. The molecule has 0 spiro atoms. The maximum Gasteiger partial charge on any atom is 0.321 e. The van der Waals surface area contributed by atoms with Crippen LogP contribution in [-0.2, 0) is 4.79 Å². The first kappa shape index (κ1) is 15.0. The predicted octanol–water partition coefficient (Wildman–Crippen LogP) is 2.49. The highest BCUT2D eigenvalue weighted by Gasteiger charge is 2.29. The van der Waals surface area contributed by atoms with Crippen LogP contribution in [0.4, 0.5) is 10.5 Å². The van der Waals surface area contributed by atoms with Crippen LogP contribution in [0.25, 0.3) is 11.1 Å². The Labute approximate surface area is 139 Å². The Kier molecular flexibility index (Phi) is 3.63. The number of carbonyl (C=O) groups is 2. The van der Waals surface area contributed by atoms with Gasteiger partial charge in [-0.1, -0.05) is 0 Å². The first-order valence-corrected chi connectivity index (χ1v) is 8.37. The van der Waals surface area contributed by atoms with Crippen LogP contribution in [0.3, 0.4) is 0 Å². The van der Waals surface area contributed by atoms with Crippen LogP contribution in [0.5, 0.6) is 0 Å². The van der Waals surface area contributed by atoms with E-state index in [1.165, 1.54) is 0 Å². The molecule has 1 aromatic carbocycles. The van der Waals surface area contributed by atoms with Crippen LogP contribution in [-0.4, -0.2) is 29.0 Å². The summed E-state index contributed by atoms with van der Waals surface area (Å²) in [7, 11) is 0. The van der Waals surface area contributed by atoms with Gasteiger partial charge in [-0.15, -0.1) is 0 Å². The summed E-state index contributed by atoms with van der Waals surface area (Å²) < 4.78 is 5.72. The number of rotatable bonds is 5. The van der Waals surface area contributed by atoms with E-state index in [2.05, 4.69) is 20.9 Å². The molecule has 3 amide bonds. The lowest BCUT2D eigenvalue weighted by atomic mass is 10.2. The molecule has 1 heterocycles. The molecule has 0 aliphatic heterocycles. The zero-order valence-corrected chi connectivity index (χ0v) is 13.5. The van der Waals surface area contributed by atoms with Crippen molar-refractivity contribution in [2.45, 2.75) is 50.6 Å². The van der Waals surface area contributed by atoms with Crippen molar-refractivity contribution in [2.24, 2.45) is 0 Å². The molecule has 126 valence electrons. The number of hydrogen-bond donors (Lipinski definition) is 3. The fourth-order valence-corrected chi connectivity index (χ4v) is 2.52. The summed E-state index contributed by atoms with van der Waals surface area (Å²) in [4.78, 5) is 28.2. The molecule has 0 unspecified atom stereocenters. The zero-order valence-electron chi connectivity index (χ0n) is 13.5. The Morgan fingerprint density at radius 1 is 1.25 bits per heavy atom. The van der Waals surface area contributed by atoms with Crippen molar-refractivity contribution in [2.75, 3.05) is 5.32 Å². The largest absolute Gasteiger partial charge is 0.440 e. The highest BCUT2D eigenvalue weighted by molar-refractivity contribution is 5.98. The second kappa shape index (κ2) is 5.81. The van der Waals surface area contributed by atoms with E-state index in [0.29, 0.717) is 5.92 Å². The van der Waals surface area contributed by atoms with Crippen LogP contribution in [0.1, 0.15) is 44.4 Å². The van der Waals surface area contributed by atoms with E-state index in [9.17, 15) is 9.59 Å². The van der Waals surface area contributed by atoms with Gasteiger partial charge in [-0.05, 0) is 50.8 Å². The van der Waals surface area contributed by atoms with Gasteiger partial charge in [-0.25, -0.2) is 9.78 Å². The van der Waals surface area contributed by atoms with E-state index in [4.69, 9.17) is 4.42 Å². The topological polar surface area (TPSA) is 96.3 Å². The van der Waals surface area contributed by atoms with Gasteiger partial charge in [0.2, 0.25) is 5.91 Å². The lowest BCUT2D eigenvalue weighted by Gasteiger charge is -2.14. The molecule has 4 rings (SSSR count). The molecule has 2 saturated carbocycles. The minimum Gasteiger partial charge on any atom is -0.440 e.